The van der Waals surface area contributed by atoms with E-state index in [0.29, 0.717) is 33.2 Å². The normalized spacial score (nSPS) is 10.5. The SMILES string of the molecule is CN(Cc1ccc(Br)o1)C(=O)c1cccc(Cl)c1N. The van der Waals surface area contributed by atoms with E-state index in [4.69, 9.17) is 21.8 Å². The molecule has 0 saturated carbocycles. The highest BCUT2D eigenvalue weighted by atomic mass is 79.9. The largest absolute Gasteiger partial charge is 0.452 e. The molecule has 100 valence electrons. The lowest BCUT2D eigenvalue weighted by molar-refractivity contribution is 0.0776. The van der Waals surface area contributed by atoms with E-state index in [1.807, 2.05) is 0 Å². The van der Waals surface area contributed by atoms with Crippen LogP contribution < -0.4 is 5.73 Å². The van der Waals surface area contributed by atoms with Crippen molar-refractivity contribution in [3.8, 4) is 0 Å². The molecule has 0 radical (unpaired) electrons. The lowest BCUT2D eigenvalue weighted by Gasteiger charge is -2.17. The number of anilines is 1. The Bertz CT molecular complexity index is 612. The Labute approximate surface area is 124 Å². The van der Waals surface area contributed by atoms with E-state index in [1.165, 1.54) is 4.90 Å². The summed E-state index contributed by atoms with van der Waals surface area (Å²) in [6.07, 6.45) is 0. The second kappa shape index (κ2) is 5.67. The number of benzene rings is 1. The minimum absolute atomic E-state index is 0.201. The van der Waals surface area contributed by atoms with Crippen LogP contribution in [0, 0.1) is 0 Å². The predicted octanol–water partition coefficient (Wildman–Crippen LogP) is 3.55. The van der Waals surface area contributed by atoms with Gasteiger partial charge in [-0.2, -0.15) is 0 Å². The molecule has 0 fully saturated rings. The topological polar surface area (TPSA) is 59.5 Å². The molecule has 1 aromatic heterocycles. The van der Waals surface area contributed by atoms with Crippen LogP contribution in [0.25, 0.3) is 0 Å². The first-order valence-corrected chi connectivity index (χ1v) is 6.70. The third-order valence-electron chi connectivity index (χ3n) is 2.65. The van der Waals surface area contributed by atoms with Crippen LogP contribution in [0.5, 0.6) is 0 Å². The molecule has 0 saturated heterocycles. The Hall–Kier alpha value is -1.46. The molecule has 2 aromatic rings. The van der Waals surface area contributed by atoms with Gasteiger partial charge in [-0.3, -0.25) is 4.79 Å². The fourth-order valence-electron chi connectivity index (χ4n) is 1.67. The van der Waals surface area contributed by atoms with Gasteiger partial charge in [-0.25, -0.2) is 0 Å². The molecular formula is C13H12BrClN2O2. The van der Waals surface area contributed by atoms with Crippen molar-refractivity contribution in [3.05, 3.63) is 51.3 Å². The van der Waals surface area contributed by atoms with Gasteiger partial charge < -0.3 is 15.1 Å². The van der Waals surface area contributed by atoms with Gasteiger partial charge in [0.1, 0.15) is 5.76 Å². The molecule has 1 amide bonds. The number of hydrogen-bond donors (Lipinski definition) is 1. The first kappa shape index (κ1) is 14.0. The van der Waals surface area contributed by atoms with Crippen LogP contribution in [-0.4, -0.2) is 17.9 Å². The number of carbonyl (C=O) groups excluding carboxylic acids is 1. The Morgan fingerprint density at radius 3 is 2.79 bits per heavy atom. The zero-order chi connectivity index (χ0) is 14.0. The predicted molar refractivity (Wildman–Crippen MR) is 78.1 cm³/mol. The van der Waals surface area contributed by atoms with Crippen molar-refractivity contribution in [2.75, 3.05) is 12.8 Å². The Kier molecular flexibility index (Phi) is 4.17. The second-order valence-electron chi connectivity index (χ2n) is 4.07. The molecule has 19 heavy (non-hydrogen) atoms. The van der Waals surface area contributed by atoms with E-state index >= 15 is 0 Å². The summed E-state index contributed by atoms with van der Waals surface area (Å²) in [6.45, 7) is 0.358. The molecule has 0 aliphatic carbocycles. The highest BCUT2D eigenvalue weighted by Crippen LogP contribution is 2.24. The molecule has 0 unspecified atom stereocenters. The zero-order valence-corrected chi connectivity index (χ0v) is 12.5. The van der Waals surface area contributed by atoms with Gasteiger partial charge in [-0.1, -0.05) is 17.7 Å². The summed E-state index contributed by atoms with van der Waals surface area (Å²) < 4.78 is 5.99. The van der Waals surface area contributed by atoms with Crippen LogP contribution >= 0.6 is 27.5 Å². The molecule has 0 bridgehead atoms. The first-order valence-electron chi connectivity index (χ1n) is 5.52. The number of carbonyl (C=O) groups is 1. The van der Waals surface area contributed by atoms with E-state index in [2.05, 4.69) is 15.9 Å². The van der Waals surface area contributed by atoms with Crippen molar-refractivity contribution >= 4 is 39.1 Å². The average molecular weight is 344 g/mol. The highest BCUT2D eigenvalue weighted by molar-refractivity contribution is 9.10. The smallest absolute Gasteiger partial charge is 0.256 e. The number of nitrogen functional groups attached to an aromatic ring is 1. The summed E-state index contributed by atoms with van der Waals surface area (Å²) in [7, 11) is 1.68. The Morgan fingerprint density at radius 2 is 2.16 bits per heavy atom. The lowest BCUT2D eigenvalue weighted by Crippen LogP contribution is -2.26. The van der Waals surface area contributed by atoms with Gasteiger partial charge in [-0.05, 0) is 40.2 Å². The van der Waals surface area contributed by atoms with E-state index in [0.717, 1.165) is 0 Å². The van der Waals surface area contributed by atoms with Crippen molar-refractivity contribution in [1.29, 1.82) is 0 Å². The van der Waals surface area contributed by atoms with Gasteiger partial charge >= 0.3 is 0 Å². The number of nitrogens with zero attached hydrogens (tertiary/aromatic N) is 1. The maximum absolute atomic E-state index is 12.3. The number of nitrogens with two attached hydrogens (primary N) is 1. The number of para-hydroxylation sites is 1. The third kappa shape index (κ3) is 3.11. The molecule has 0 spiro atoms. The Balaban J connectivity index is 2.17. The summed E-state index contributed by atoms with van der Waals surface area (Å²) in [5.41, 5.74) is 6.49. The molecule has 2 N–H and O–H groups in total. The van der Waals surface area contributed by atoms with Crippen LogP contribution in [0.1, 0.15) is 16.1 Å². The lowest BCUT2D eigenvalue weighted by atomic mass is 10.1. The van der Waals surface area contributed by atoms with Crippen LogP contribution in [-0.2, 0) is 6.54 Å². The summed E-state index contributed by atoms with van der Waals surface area (Å²) in [6, 6.07) is 8.58. The van der Waals surface area contributed by atoms with Crippen LogP contribution in [0.4, 0.5) is 5.69 Å². The molecule has 1 aromatic carbocycles. The molecule has 1 heterocycles. The van der Waals surface area contributed by atoms with Crippen molar-refractivity contribution in [1.82, 2.24) is 4.90 Å². The van der Waals surface area contributed by atoms with Gasteiger partial charge in [0.25, 0.3) is 5.91 Å². The van der Waals surface area contributed by atoms with Crippen LogP contribution in [0.2, 0.25) is 5.02 Å². The number of hydrogen-bond acceptors (Lipinski definition) is 3. The fourth-order valence-corrected chi connectivity index (χ4v) is 2.19. The molecule has 4 nitrogen and oxygen atoms in total. The van der Waals surface area contributed by atoms with Crippen molar-refractivity contribution in [2.45, 2.75) is 6.54 Å². The van der Waals surface area contributed by atoms with Crippen molar-refractivity contribution in [2.24, 2.45) is 0 Å². The highest BCUT2D eigenvalue weighted by Gasteiger charge is 2.17. The van der Waals surface area contributed by atoms with Gasteiger partial charge in [0.15, 0.2) is 4.67 Å². The van der Waals surface area contributed by atoms with Crippen LogP contribution in [0.15, 0.2) is 39.4 Å². The minimum atomic E-state index is -0.201. The van der Waals surface area contributed by atoms with Crippen molar-refractivity contribution < 1.29 is 9.21 Å². The molecule has 0 aliphatic rings. The first-order chi connectivity index (χ1) is 8.99. The average Bonchev–Trinajstić information content (AvgIpc) is 2.77. The maximum atomic E-state index is 12.3. The van der Waals surface area contributed by atoms with Gasteiger partial charge in [0.05, 0.1) is 22.8 Å². The standard InChI is InChI=1S/C13H12BrClN2O2/c1-17(7-8-5-6-11(14)19-8)13(18)9-3-2-4-10(15)12(9)16/h2-6H,7,16H2,1H3. The van der Waals surface area contributed by atoms with E-state index < -0.39 is 0 Å². The van der Waals surface area contributed by atoms with E-state index in [-0.39, 0.29) is 5.91 Å². The molecular weight excluding hydrogens is 332 g/mol. The van der Waals surface area contributed by atoms with Gasteiger partial charge in [0.2, 0.25) is 0 Å². The molecule has 0 atom stereocenters. The quantitative estimate of drug-likeness (QED) is 0.867. The maximum Gasteiger partial charge on any atom is 0.256 e. The number of furan rings is 1. The monoisotopic (exact) mass is 342 g/mol. The van der Waals surface area contributed by atoms with Gasteiger partial charge in [0, 0.05) is 7.05 Å². The van der Waals surface area contributed by atoms with Crippen LogP contribution in [0.3, 0.4) is 0 Å². The third-order valence-corrected chi connectivity index (χ3v) is 3.41. The summed E-state index contributed by atoms with van der Waals surface area (Å²) >= 11 is 9.12. The fraction of sp³-hybridized carbons (Fsp3) is 0.154. The minimum Gasteiger partial charge on any atom is -0.452 e. The number of amides is 1. The summed E-state index contributed by atoms with van der Waals surface area (Å²) in [5.74, 6) is 0.482. The molecule has 6 heteroatoms. The number of rotatable bonds is 3. The van der Waals surface area contributed by atoms with Gasteiger partial charge in [-0.15, -0.1) is 0 Å². The second-order valence-corrected chi connectivity index (χ2v) is 5.26. The van der Waals surface area contributed by atoms with E-state index in [1.54, 1.807) is 37.4 Å². The molecule has 0 aliphatic heterocycles. The number of halogens is 2. The van der Waals surface area contributed by atoms with Crippen molar-refractivity contribution in [3.63, 3.8) is 0 Å². The Morgan fingerprint density at radius 1 is 1.42 bits per heavy atom. The van der Waals surface area contributed by atoms with E-state index in [9.17, 15) is 4.79 Å². The molecule has 2 rings (SSSR count). The zero-order valence-electron chi connectivity index (χ0n) is 10.2. The summed E-state index contributed by atoms with van der Waals surface area (Å²) in [4.78, 5) is 13.8. The summed E-state index contributed by atoms with van der Waals surface area (Å²) in [5, 5.41) is 0.375.